The third kappa shape index (κ3) is 2.87. The minimum absolute atomic E-state index is 0.0379. The van der Waals surface area contributed by atoms with E-state index in [1.54, 1.807) is 6.07 Å². The summed E-state index contributed by atoms with van der Waals surface area (Å²) < 4.78 is 0. The molecule has 184 valence electrons. The molecule has 1 aromatic rings. The number of anilines is 1. The van der Waals surface area contributed by atoms with E-state index >= 15 is 0 Å². The second kappa shape index (κ2) is 7.34. The van der Waals surface area contributed by atoms with Crippen molar-refractivity contribution in [2.24, 2.45) is 29.4 Å². The van der Waals surface area contributed by atoms with Crippen LogP contribution in [0.2, 0.25) is 0 Å². The van der Waals surface area contributed by atoms with Gasteiger partial charge in [-0.3, -0.25) is 19.3 Å². The molecular formula is C26H29N3O6. The highest BCUT2D eigenvalue weighted by Gasteiger charge is 2.51. The first-order chi connectivity index (χ1) is 16.6. The Labute approximate surface area is 202 Å². The number of likely N-dealkylation sites (tertiary alicyclic amines) is 1. The van der Waals surface area contributed by atoms with Crippen LogP contribution in [0.15, 0.2) is 28.7 Å². The van der Waals surface area contributed by atoms with Gasteiger partial charge in [0.1, 0.15) is 22.8 Å². The van der Waals surface area contributed by atoms with Crippen molar-refractivity contribution in [3.8, 4) is 5.75 Å². The molecule has 35 heavy (non-hydrogen) atoms. The van der Waals surface area contributed by atoms with E-state index in [1.807, 2.05) is 7.05 Å². The number of phenolic OH excluding ortho intramolecular Hbond substituents is 1. The zero-order valence-corrected chi connectivity index (χ0v) is 19.7. The summed E-state index contributed by atoms with van der Waals surface area (Å²) in [4.78, 5) is 43.0. The molecule has 9 heteroatoms. The van der Waals surface area contributed by atoms with Gasteiger partial charge >= 0.3 is 0 Å². The fraction of sp³-hybridized carbons (Fsp3) is 0.500. The lowest BCUT2D eigenvalue weighted by molar-refractivity contribution is -0.126. The summed E-state index contributed by atoms with van der Waals surface area (Å²) >= 11 is 0. The molecule has 0 bridgehead atoms. The normalized spacial score (nSPS) is 32.2. The first-order valence-electron chi connectivity index (χ1n) is 12.1. The maximum atomic E-state index is 13.8. The molecule has 0 spiro atoms. The fourth-order valence-electron chi connectivity index (χ4n) is 7.55. The third-order valence-corrected chi connectivity index (χ3v) is 8.87. The summed E-state index contributed by atoms with van der Waals surface area (Å²) in [7, 11) is 4.10. The van der Waals surface area contributed by atoms with Crippen molar-refractivity contribution in [2.45, 2.75) is 31.7 Å². The van der Waals surface area contributed by atoms with Gasteiger partial charge in [-0.05, 0) is 67.8 Å². The molecule has 5 unspecified atom stereocenters. The minimum Gasteiger partial charge on any atom is -0.511 e. The van der Waals surface area contributed by atoms with Crippen molar-refractivity contribution in [1.82, 2.24) is 4.90 Å². The highest BCUT2D eigenvalue weighted by Crippen LogP contribution is 2.54. The van der Waals surface area contributed by atoms with E-state index < -0.39 is 34.9 Å². The summed E-state index contributed by atoms with van der Waals surface area (Å²) in [6.07, 6.45) is 1.95. The SMILES string of the molecule is CN1CC2CCN(C)C2c2cc(O)c3c(c21)CC1CC2CC(O)=C(C(N)=O)C(=O)C2C(O)=C1C3=O. The summed E-state index contributed by atoms with van der Waals surface area (Å²) in [5, 5.41) is 32.6. The lowest BCUT2D eigenvalue weighted by Crippen LogP contribution is -2.44. The smallest absolute Gasteiger partial charge is 0.255 e. The van der Waals surface area contributed by atoms with Crippen LogP contribution in [0.1, 0.15) is 46.8 Å². The number of benzene rings is 1. The Morgan fingerprint density at radius 2 is 1.86 bits per heavy atom. The van der Waals surface area contributed by atoms with Crippen molar-refractivity contribution < 1.29 is 29.7 Å². The number of aliphatic hydroxyl groups is 2. The van der Waals surface area contributed by atoms with E-state index in [9.17, 15) is 29.7 Å². The molecular weight excluding hydrogens is 450 g/mol. The quantitative estimate of drug-likeness (QED) is 0.447. The van der Waals surface area contributed by atoms with Crippen LogP contribution in [0, 0.1) is 23.7 Å². The number of Topliss-reactive ketones (excluding diaryl/α,β-unsaturated/α-hetero) is 2. The maximum absolute atomic E-state index is 13.8. The molecule has 5 aliphatic rings. The number of nitrogens with two attached hydrogens (primary N) is 1. The molecule has 5 atom stereocenters. The van der Waals surface area contributed by atoms with Crippen molar-refractivity contribution in [2.75, 3.05) is 32.1 Å². The Kier molecular flexibility index (Phi) is 4.64. The first kappa shape index (κ1) is 22.2. The number of allylic oxidation sites excluding steroid dienone is 3. The van der Waals surface area contributed by atoms with Gasteiger partial charge in [-0.25, -0.2) is 0 Å². The highest BCUT2D eigenvalue weighted by molar-refractivity contribution is 6.22. The van der Waals surface area contributed by atoms with Crippen molar-refractivity contribution >= 4 is 23.2 Å². The molecule has 0 aromatic heterocycles. The van der Waals surface area contributed by atoms with Crippen LogP contribution in [-0.2, 0) is 16.0 Å². The summed E-state index contributed by atoms with van der Waals surface area (Å²) in [5.74, 6) is -4.54. The van der Waals surface area contributed by atoms with Gasteiger partial charge in [-0.15, -0.1) is 0 Å². The number of hydrogen-bond acceptors (Lipinski definition) is 8. The maximum Gasteiger partial charge on any atom is 0.255 e. The van der Waals surface area contributed by atoms with Crippen molar-refractivity contribution in [1.29, 1.82) is 0 Å². The van der Waals surface area contributed by atoms with Gasteiger partial charge in [0.05, 0.1) is 11.5 Å². The van der Waals surface area contributed by atoms with Crippen LogP contribution in [0.25, 0.3) is 0 Å². The summed E-state index contributed by atoms with van der Waals surface area (Å²) in [6, 6.07) is 1.88. The molecule has 9 nitrogen and oxygen atoms in total. The minimum atomic E-state index is -1.10. The van der Waals surface area contributed by atoms with Gasteiger partial charge in [0.2, 0.25) is 0 Å². The Bertz CT molecular complexity index is 1280. The number of nitrogens with zero attached hydrogens (tertiary/aromatic N) is 2. The molecule has 0 saturated carbocycles. The third-order valence-electron chi connectivity index (χ3n) is 8.87. The van der Waals surface area contributed by atoms with Crippen LogP contribution in [0.3, 0.4) is 0 Å². The van der Waals surface area contributed by atoms with Crippen LogP contribution in [0.5, 0.6) is 5.75 Å². The van der Waals surface area contributed by atoms with Crippen molar-refractivity contribution in [3.05, 3.63) is 45.4 Å². The molecule has 6 rings (SSSR count). The van der Waals surface area contributed by atoms with Gasteiger partial charge in [-0.1, -0.05) is 0 Å². The summed E-state index contributed by atoms with van der Waals surface area (Å²) in [5.41, 5.74) is 7.88. The van der Waals surface area contributed by atoms with Gasteiger partial charge < -0.3 is 26.0 Å². The van der Waals surface area contributed by atoms with Crippen LogP contribution >= 0.6 is 0 Å². The van der Waals surface area contributed by atoms with Gasteiger partial charge in [-0.2, -0.15) is 0 Å². The molecule has 0 radical (unpaired) electrons. The largest absolute Gasteiger partial charge is 0.511 e. The number of ketones is 2. The standard InChI is InChI=1S/C26H29N3O6/c1-28-4-3-10-9-29(2)22-13-6-11-5-12-7-15(30)20(26(27)35)25(34)18(12)23(32)17(11)24(33)19(13)16(31)8-14(22)21(10)28/h8,10-12,18,21,30-32H,3-7,9H2,1-2H3,(H2,27,35). The second-order valence-electron chi connectivity index (χ2n) is 10.8. The molecule has 1 saturated heterocycles. The predicted octanol–water partition coefficient (Wildman–Crippen LogP) is 1.91. The zero-order valence-electron chi connectivity index (χ0n) is 19.7. The van der Waals surface area contributed by atoms with Gasteiger partial charge in [0.15, 0.2) is 11.6 Å². The number of rotatable bonds is 1. The molecule has 2 heterocycles. The number of aromatic hydroxyl groups is 1. The molecule has 2 aliphatic heterocycles. The Hall–Kier alpha value is -3.33. The number of fused-ring (bicyclic) bond motifs is 7. The molecule has 1 amide bonds. The topological polar surface area (TPSA) is 144 Å². The number of primary amides is 1. The number of hydrogen-bond donors (Lipinski definition) is 4. The molecule has 1 aromatic carbocycles. The molecule has 5 N–H and O–H groups in total. The average Bonchev–Trinajstić information content (AvgIpc) is 3.12. The molecule has 1 fully saturated rings. The van der Waals surface area contributed by atoms with E-state index in [0.29, 0.717) is 18.8 Å². The number of carbonyl (C=O) groups is 3. The lowest BCUT2D eigenvalue weighted by Gasteiger charge is -2.44. The van der Waals surface area contributed by atoms with Crippen LogP contribution < -0.4 is 10.6 Å². The van der Waals surface area contributed by atoms with E-state index in [0.717, 1.165) is 36.3 Å². The Morgan fingerprint density at radius 1 is 1.11 bits per heavy atom. The zero-order chi connectivity index (χ0) is 24.9. The van der Waals surface area contributed by atoms with E-state index in [2.05, 4.69) is 16.8 Å². The van der Waals surface area contributed by atoms with Crippen LogP contribution in [0.4, 0.5) is 5.69 Å². The predicted molar refractivity (Wildman–Crippen MR) is 126 cm³/mol. The van der Waals surface area contributed by atoms with E-state index in [-0.39, 0.29) is 46.8 Å². The van der Waals surface area contributed by atoms with E-state index in [1.165, 1.54) is 0 Å². The first-order valence-corrected chi connectivity index (χ1v) is 12.1. The van der Waals surface area contributed by atoms with Crippen LogP contribution in [-0.4, -0.2) is 64.9 Å². The van der Waals surface area contributed by atoms with E-state index in [4.69, 9.17) is 5.73 Å². The Balaban J connectivity index is 1.49. The monoisotopic (exact) mass is 479 g/mol. The lowest BCUT2D eigenvalue weighted by atomic mass is 9.62. The highest BCUT2D eigenvalue weighted by atomic mass is 16.3. The average molecular weight is 480 g/mol. The fourth-order valence-corrected chi connectivity index (χ4v) is 7.55. The number of carbonyl (C=O) groups excluding carboxylic acids is 3. The van der Waals surface area contributed by atoms with Crippen molar-refractivity contribution in [3.63, 3.8) is 0 Å². The number of amides is 1. The number of phenols is 1. The summed E-state index contributed by atoms with van der Waals surface area (Å²) in [6.45, 7) is 1.84. The van der Waals surface area contributed by atoms with Gasteiger partial charge in [0, 0.05) is 37.3 Å². The second-order valence-corrected chi connectivity index (χ2v) is 10.8. The Morgan fingerprint density at radius 3 is 2.57 bits per heavy atom. The molecule has 3 aliphatic carbocycles. The number of aliphatic hydroxyl groups excluding tert-OH is 2. The van der Waals surface area contributed by atoms with Gasteiger partial charge in [0.25, 0.3) is 5.91 Å².